The summed E-state index contributed by atoms with van der Waals surface area (Å²) in [5.41, 5.74) is 7.51. The third kappa shape index (κ3) is 3.97. The SMILES string of the molecule is CC(C)Nc1ccccc1C(=O)NC1CCC(N)CC1. The number of amides is 1. The highest BCUT2D eigenvalue weighted by Crippen LogP contribution is 2.20. The van der Waals surface area contributed by atoms with Crippen molar-refractivity contribution >= 4 is 11.6 Å². The van der Waals surface area contributed by atoms with Crippen LogP contribution >= 0.6 is 0 Å². The Kier molecular flexibility index (Phi) is 5.01. The summed E-state index contributed by atoms with van der Waals surface area (Å²) in [6, 6.07) is 8.53. The highest BCUT2D eigenvalue weighted by atomic mass is 16.1. The summed E-state index contributed by atoms with van der Waals surface area (Å²) < 4.78 is 0. The first-order chi connectivity index (χ1) is 9.56. The molecule has 110 valence electrons. The minimum absolute atomic E-state index is 0.00854. The van der Waals surface area contributed by atoms with Gasteiger partial charge in [0.15, 0.2) is 0 Å². The fourth-order valence-corrected chi connectivity index (χ4v) is 2.64. The molecule has 0 unspecified atom stereocenters. The zero-order chi connectivity index (χ0) is 14.5. The number of hydrogen-bond donors (Lipinski definition) is 3. The van der Waals surface area contributed by atoms with Gasteiger partial charge in [-0.1, -0.05) is 12.1 Å². The standard InChI is InChI=1S/C16H25N3O/c1-11(2)18-15-6-4-3-5-14(15)16(20)19-13-9-7-12(17)8-10-13/h3-6,11-13,18H,7-10,17H2,1-2H3,(H,19,20). The van der Waals surface area contributed by atoms with Gasteiger partial charge in [-0.3, -0.25) is 4.79 Å². The Labute approximate surface area is 121 Å². The molecule has 0 aromatic heterocycles. The monoisotopic (exact) mass is 275 g/mol. The molecule has 1 fully saturated rings. The van der Waals surface area contributed by atoms with Crippen LogP contribution in [0, 0.1) is 0 Å². The lowest BCUT2D eigenvalue weighted by Crippen LogP contribution is -2.40. The summed E-state index contributed by atoms with van der Waals surface area (Å²) in [7, 11) is 0. The maximum Gasteiger partial charge on any atom is 0.253 e. The van der Waals surface area contributed by atoms with Gasteiger partial charge >= 0.3 is 0 Å². The van der Waals surface area contributed by atoms with Crippen molar-refractivity contribution < 1.29 is 4.79 Å². The first-order valence-corrected chi connectivity index (χ1v) is 7.48. The smallest absolute Gasteiger partial charge is 0.253 e. The normalized spacial score (nSPS) is 22.6. The summed E-state index contributed by atoms with van der Waals surface area (Å²) in [5, 5.41) is 6.45. The van der Waals surface area contributed by atoms with E-state index in [1.165, 1.54) is 0 Å². The van der Waals surface area contributed by atoms with E-state index in [-0.39, 0.29) is 11.9 Å². The van der Waals surface area contributed by atoms with Gasteiger partial charge in [-0.15, -0.1) is 0 Å². The number of nitrogens with two attached hydrogens (primary N) is 1. The highest BCUT2D eigenvalue weighted by Gasteiger charge is 2.21. The maximum atomic E-state index is 12.4. The van der Waals surface area contributed by atoms with E-state index in [0.29, 0.717) is 12.1 Å². The number of benzene rings is 1. The zero-order valence-electron chi connectivity index (χ0n) is 12.4. The number of nitrogens with one attached hydrogen (secondary N) is 2. The summed E-state index contributed by atoms with van der Waals surface area (Å²) in [4.78, 5) is 12.4. The lowest BCUT2D eigenvalue weighted by molar-refractivity contribution is 0.0926. The second-order valence-electron chi connectivity index (χ2n) is 5.93. The van der Waals surface area contributed by atoms with Crippen molar-refractivity contribution in [3.8, 4) is 0 Å². The van der Waals surface area contributed by atoms with Gasteiger partial charge < -0.3 is 16.4 Å². The molecule has 20 heavy (non-hydrogen) atoms. The van der Waals surface area contributed by atoms with Crippen LogP contribution in [0.15, 0.2) is 24.3 Å². The quantitative estimate of drug-likeness (QED) is 0.791. The van der Waals surface area contributed by atoms with E-state index in [0.717, 1.165) is 36.9 Å². The fourth-order valence-electron chi connectivity index (χ4n) is 2.64. The number of rotatable bonds is 4. The molecule has 1 aliphatic carbocycles. The van der Waals surface area contributed by atoms with Gasteiger partial charge in [0, 0.05) is 23.8 Å². The molecule has 1 aliphatic rings. The summed E-state index contributed by atoms with van der Waals surface area (Å²) in [5.74, 6) is 0.00854. The van der Waals surface area contributed by atoms with Crippen molar-refractivity contribution in [3.05, 3.63) is 29.8 Å². The zero-order valence-corrected chi connectivity index (χ0v) is 12.4. The van der Waals surface area contributed by atoms with Gasteiger partial charge in [0.1, 0.15) is 0 Å². The molecule has 0 atom stereocenters. The second-order valence-corrected chi connectivity index (χ2v) is 5.93. The second kappa shape index (κ2) is 6.75. The number of para-hydroxylation sites is 1. The van der Waals surface area contributed by atoms with Crippen LogP contribution in [0.4, 0.5) is 5.69 Å². The molecular weight excluding hydrogens is 250 g/mol. The van der Waals surface area contributed by atoms with E-state index >= 15 is 0 Å². The van der Waals surface area contributed by atoms with E-state index < -0.39 is 0 Å². The van der Waals surface area contributed by atoms with E-state index in [1.54, 1.807) is 0 Å². The Hall–Kier alpha value is -1.55. The topological polar surface area (TPSA) is 67.2 Å². The largest absolute Gasteiger partial charge is 0.382 e. The van der Waals surface area contributed by atoms with Crippen LogP contribution in [-0.2, 0) is 0 Å². The van der Waals surface area contributed by atoms with E-state index in [1.807, 2.05) is 24.3 Å². The molecule has 4 N–H and O–H groups in total. The van der Waals surface area contributed by atoms with Gasteiger partial charge in [0.05, 0.1) is 5.56 Å². The van der Waals surface area contributed by atoms with Gasteiger partial charge in [-0.25, -0.2) is 0 Å². The van der Waals surface area contributed by atoms with Gasteiger partial charge in [-0.2, -0.15) is 0 Å². The van der Waals surface area contributed by atoms with Crippen LogP contribution < -0.4 is 16.4 Å². The van der Waals surface area contributed by atoms with Gasteiger partial charge in [0.2, 0.25) is 0 Å². The van der Waals surface area contributed by atoms with Crippen molar-refractivity contribution in [1.82, 2.24) is 5.32 Å². The number of carbonyl (C=O) groups excluding carboxylic acids is 1. The molecule has 4 heteroatoms. The molecule has 4 nitrogen and oxygen atoms in total. The molecule has 1 amide bonds. The van der Waals surface area contributed by atoms with E-state index in [9.17, 15) is 4.79 Å². The molecule has 0 spiro atoms. The van der Waals surface area contributed by atoms with E-state index in [4.69, 9.17) is 5.73 Å². The molecule has 1 aromatic carbocycles. The van der Waals surface area contributed by atoms with Gasteiger partial charge in [0.25, 0.3) is 5.91 Å². The first kappa shape index (κ1) is 14.9. The van der Waals surface area contributed by atoms with Crippen molar-refractivity contribution in [2.75, 3.05) is 5.32 Å². The summed E-state index contributed by atoms with van der Waals surface area (Å²) in [6.45, 7) is 4.13. The fraction of sp³-hybridized carbons (Fsp3) is 0.562. The van der Waals surface area contributed by atoms with Crippen LogP contribution in [0.25, 0.3) is 0 Å². The Morgan fingerprint density at radius 2 is 1.85 bits per heavy atom. The summed E-state index contributed by atoms with van der Waals surface area (Å²) in [6.07, 6.45) is 3.95. The molecule has 0 bridgehead atoms. The Morgan fingerprint density at radius 3 is 2.50 bits per heavy atom. The van der Waals surface area contributed by atoms with Crippen molar-refractivity contribution in [2.45, 2.75) is 57.7 Å². The third-order valence-corrected chi connectivity index (χ3v) is 3.72. The average molecular weight is 275 g/mol. The molecule has 1 aromatic rings. The molecule has 0 saturated heterocycles. The summed E-state index contributed by atoms with van der Waals surface area (Å²) >= 11 is 0. The lowest BCUT2D eigenvalue weighted by atomic mass is 9.91. The molecular formula is C16H25N3O. The van der Waals surface area contributed by atoms with Crippen LogP contribution in [0.1, 0.15) is 49.9 Å². The van der Waals surface area contributed by atoms with Crippen LogP contribution in [0.2, 0.25) is 0 Å². The maximum absolute atomic E-state index is 12.4. The van der Waals surface area contributed by atoms with Crippen LogP contribution in [-0.4, -0.2) is 24.0 Å². The van der Waals surface area contributed by atoms with Crippen molar-refractivity contribution in [2.24, 2.45) is 5.73 Å². The van der Waals surface area contributed by atoms with Gasteiger partial charge in [-0.05, 0) is 51.7 Å². The highest BCUT2D eigenvalue weighted by molar-refractivity contribution is 5.99. The molecule has 0 aliphatic heterocycles. The Balaban J connectivity index is 2.01. The minimum Gasteiger partial charge on any atom is -0.382 e. The van der Waals surface area contributed by atoms with E-state index in [2.05, 4.69) is 24.5 Å². The van der Waals surface area contributed by atoms with Crippen molar-refractivity contribution in [1.29, 1.82) is 0 Å². The Morgan fingerprint density at radius 1 is 1.20 bits per heavy atom. The number of carbonyl (C=O) groups is 1. The predicted octanol–water partition coefficient (Wildman–Crippen LogP) is 2.51. The van der Waals surface area contributed by atoms with Crippen molar-refractivity contribution in [3.63, 3.8) is 0 Å². The molecule has 0 heterocycles. The molecule has 2 rings (SSSR count). The number of hydrogen-bond acceptors (Lipinski definition) is 3. The Bertz CT molecular complexity index is 451. The predicted molar refractivity (Wildman–Crippen MR) is 82.9 cm³/mol. The minimum atomic E-state index is 0.00854. The average Bonchev–Trinajstić information content (AvgIpc) is 2.41. The third-order valence-electron chi connectivity index (χ3n) is 3.72. The lowest BCUT2D eigenvalue weighted by Gasteiger charge is -2.27. The number of anilines is 1. The van der Waals surface area contributed by atoms with Crippen LogP contribution in [0.3, 0.4) is 0 Å². The molecule has 1 saturated carbocycles. The molecule has 0 radical (unpaired) electrons. The van der Waals surface area contributed by atoms with Crippen LogP contribution in [0.5, 0.6) is 0 Å². The first-order valence-electron chi connectivity index (χ1n) is 7.48.